The zero-order chi connectivity index (χ0) is 18.4. The second-order valence-corrected chi connectivity index (χ2v) is 6.84. The zero-order valence-corrected chi connectivity index (χ0v) is 15.4. The molecular weight excluding hydrogens is 326 g/mol. The summed E-state index contributed by atoms with van der Waals surface area (Å²) in [6, 6.07) is 9.77. The number of carbonyl (C=O) groups excluding carboxylic acids is 2. The molecule has 3 rings (SSSR count). The lowest BCUT2D eigenvalue weighted by Crippen LogP contribution is -2.37. The van der Waals surface area contributed by atoms with Crippen molar-refractivity contribution in [1.29, 1.82) is 0 Å². The van der Waals surface area contributed by atoms with Crippen molar-refractivity contribution in [3.8, 4) is 0 Å². The number of rotatable bonds is 5. The quantitative estimate of drug-likeness (QED) is 0.896. The van der Waals surface area contributed by atoms with Gasteiger partial charge in [-0.15, -0.1) is 0 Å². The highest BCUT2D eigenvalue weighted by Gasteiger charge is 2.23. The number of carbonyl (C=O) groups is 2. The number of amides is 2. The summed E-state index contributed by atoms with van der Waals surface area (Å²) >= 11 is 0. The van der Waals surface area contributed by atoms with Crippen LogP contribution in [-0.4, -0.2) is 52.8 Å². The van der Waals surface area contributed by atoms with E-state index in [-0.39, 0.29) is 11.8 Å². The number of nitrogens with one attached hydrogen (secondary N) is 1. The number of hydrogen-bond acceptors (Lipinski definition) is 2. The van der Waals surface area contributed by atoms with Gasteiger partial charge in [-0.25, -0.2) is 0 Å². The highest BCUT2D eigenvalue weighted by molar-refractivity contribution is 5.95. The zero-order valence-electron chi connectivity index (χ0n) is 15.4. The van der Waals surface area contributed by atoms with Crippen molar-refractivity contribution in [2.24, 2.45) is 0 Å². The fraction of sp³-hybridized carbons (Fsp3) is 0.429. The van der Waals surface area contributed by atoms with E-state index < -0.39 is 0 Å². The fourth-order valence-electron chi connectivity index (χ4n) is 3.34. The first-order valence-electron chi connectivity index (χ1n) is 9.49. The van der Waals surface area contributed by atoms with E-state index in [0.717, 1.165) is 18.4 Å². The largest absolute Gasteiger partial charge is 0.367 e. The van der Waals surface area contributed by atoms with Crippen molar-refractivity contribution in [1.82, 2.24) is 14.8 Å². The molecule has 5 nitrogen and oxygen atoms in total. The Morgan fingerprint density at radius 3 is 2.15 bits per heavy atom. The number of H-pyrrole nitrogens is 1. The maximum atomic E-state index is 12.8. The Labute approximate surface area is 155 Å². The van der Waals surface area contributed by atoms with Gasteiger partial charge < -0.3 is 14.8 Å². The summed E-state index contributed by atoms with van der Waals surface area (Å²) in [5.41, 5.74) is 2.69. The Morgan fingerprint density at radius 2 is 1.58 bits per heavy atom. The topological polar surface area (TPSA) is 56.4 Å². The predicted molar refractivity (Wildman–Crippen MR) is 102 cm³/mol. The Bertz CT molecular complexity index is 722. The minimum atomic E-state index is 0.0285. The van der Waals surface area contributed by atoms with Crippen molar-refractivity contribution in [3.63, 3.8) is 0 Å². The van der Waals surface area contributed by atoms with Gasteiger partial charge in [-0.05, 0) is 43.0 Å². The first-order chi connectivity index (χ1) is 12.7. The Morgan fingerprint density at radius 1 is 0.923 bits per heavy atom. The van der Waals surface area contributed by atoms with E-state index in [4.69, 9.17) is 0 Å². The number of unbranched alkanes of at least 4 members (excludes halogenated alkanes) is 1. The SMILES string of the molecule is CCCCc1ccc(C(=O)N2CCCN(C(=O)c3cc[nH]c3)CC2)cc1. The molecule has 1 aromatic carbocycles. The summed E-state index contributed by atoms with van der Waals surface area (Å²) in [5.74, 6) is 0.0869. The standard InChI is InChI=1S/C21H27N3O2/c1-2-3-5-17-6-8-18(9-7-17)20(25)23-12-4-13-24(15-14-23)21(26)19-10-11-22-16-19/h6-11,16,22H,2-5,12-15H2,1H3. The molecule has 138 valence electrons. The molecule has 26 heavy (non-hydrogen) atoms. The van der Waals surface area contributed by atoms with Crippen molar-refractivity contribution in [2.75, 3.05) is 26.2 Å². The summed E-state index contributed by atoms with van der Waals surface area (Å²) in [5, 5.41) is 0. The first-order valence-corrected chi connectivity index (χ1v) is 9.49. The smallest absolute Gasteiger partial charge is 0.255 e. The maximum Gasteiger partial charge on any atom is 0.255 e. The summed E-state index contributed by atoms with van der Waals surface area (Å²) < 4.78 is 0. The van der Waals surface area contributed by atoms with E-state index in [2.05, 4.69) is 24.0 Å². The number of aryl methyl sites for hydroxylation is 1. The van der Waals surface area contributed by atoms with Crippen molar-refractivity contribution >= 4 is 11.8 Å². The molecule has 0 saturated carbocycles. The monoisotopic (exact) mass is 353 g/mol. The summed E-state index contributed by atoms with van der Waals surface area (Å²) in [6.45, 7) is 4.70. The van der Waals surface area contributed by atoms with Crippen LogP contribution in [0.25, 0.3) is 0 Å². The highest BCUT2D eigenvalue weighted by atomic mass is 16.2. The predicted octanol–water partition coefficient (Wildman–Crippen LogP) is 3.35. The van der Waals surface area contributed by atoms with Crippen LogP contribution in [0.5, 0.6) is 0 Å². The molecule has 1 fully saturated rings. The van der Waals surface area contributed by atoms with Gasteiger partial charge in [0.05, 0.1) is 5.56 Å². The van der Waals surface area contributed by atoms with Crippen LogP contribution in [0, 0.1) is 0 Å². The van der Waals surface area contributed by atoms with Crippen molar-refractivity contribution in [3.05, 3.63) is 59.4 Å². The lowest BCUT2D eigenvalue weighted by Gasteiger charge is -2.22. The summed E-state index contributed by atoms with van der Waals surface area (Å²) in [7, 11) is 0. The average Bonchev–Trinajstić information content (AvgIpc) is 3.10. The molecule has 0 bridgehead atoms. The van der Waals surface area contributed by atoms with E-state index in [9.17, 15) is 9.59 Å². The van der Waals surface area contributed by atoms with Gasteiger partial charge in [-0.2, -0.15) is 0 Å². The van der Waals surface area contributed by atoms with E-state index in [1.807, 2.05) is 21.9 Å². The third-order valence-corrected chi connectivity index (χ3v) is 4.94. The second kappa shape index (κ2) is 8.70. The van der Waals surface area contributed by atoms with Gasteiger partial charge in [0, 0.05) is 44.1 Å². The van der Waals surface area contributed by atoms with Gasteiger partial charge in [0.25, 0.3) is 11.8 Å². The molecule has 2 heterocycles. The molecule has 0 spiro atoms. The highest BCUT2D eigenvalue weighted by Crippen LogP contribution is 2.14. The van der Waals surface area contributed by atoms with E-state index in [0.29, 0.717) is 31.7 Å². The summed E-state index contributed by atoms with van der Waals surface area (Å²) in [6.07, 6.45) is 7.68. The maximum absolute atomic E-state index is 12.8. The molecule has 1 aromatic heterocycles. The molecule has 0 unspecified atom stereocenters. The van der Waals surface area contributed by atoms with Crippen LogP contribution in [0.4, 0.5) is 0 Å². The van der Waals surface area contributed by atoms with Crippen molar-refractivity contribution in [2.45, 2.75) is 32.6 Å². The van der Waals surface area contributed by atoms with Gasteiger partial charge in [0.2, 0.25) is 0 Å². The third kappa shape index (κ3) is 4.34. The van der Waals surface area contributed by atoms with Crippen LogP contribution in [0.2, 0.25) is 0 Å². The second-order valence-electron chi connectivity index (χ2n) is 6.84. The van der Waals surface area contributed by atoms with Gasteiger partial charge in [0.15, 0.2) is 0 Å². The minimum absolute atomic E-state index is 0.0285. The molecule has 5 heteroatoms. The number of hydrogen-bond donors (Lipinski definition) is 1. The molecule has 0 radical (unpaired) electrons. The molecule has 1 aliphatic rings. The lowest BCUT2D eigenvalue weighted by atomic mass is 10.1. The summed E-state index contributed by atoms with van der Waals surface area (Å²) in [4.78, 5) is 31.9. The van der Waals surface area contributed by atoms with E-state index in [1.165, 1.54) is 18.4 Å². The Kier molecular flexibility index (Phi) is 6.10. The number of aromatic amines is 1. The van der Waals surface area contributed by atoms with Crippen LogP contribution in [0.3, 0.4) is 0 Å². The fourth-order valence-corrected chi connectivity index (χ4v) is 3.34. The number of benzene rings is 1. The van der Waals surface area contributed by atoms with E-state index >= 15 is 0 Å². The molecule has 2 amide bonds. The van der Waals surface area contributed by atoms with Crippen LogP contribution in [0.15, 0.2) is 42.7 Å². The molecule has 1 N–H and O–H groups in total. The molecule has 0 atom stereocenters. The van der Waals surface area contributed by atoms with Crippen LogP contribution < -0.4 is 0 Å². The number of nitrogens with zero attached hydrogens (tertiary/aromatic N) is 2. The van der Waals surface area contributed by atoms with Gasteiger partial charge in [-0.3, -0.25) is 9.59 Å². The third-order valence-electron chi connectivity index (χ3n) is 4.94. The molecule has 2 aromatic rings. The molecule has 1 aliphatic heterocycles. The van der Waals surface area contributed by atoms with Gasteiger partial charge in [0.1, 0.15) is 0 Å². The Hall–Kier alpha value is -2.56. The van der Waals surface area contributed by atoms with Crippen molar-refractivity contribution < 1.29 is 9.59 Å². The molecule has 1 saturated heterocycles. The van der Waals surface area contributed by atoms with Crippen LogP contribution in [0.1, 0.15) is 52.5 Å². The minimum Gasteiger partial charge on any atom is -0.367 e. The van der Waals surface area contributed by atoms with Gasteiger partial charge >= 0.3 is 0 Å². The lowest BCUT2D eigenvalue weighted by molar-refractivity contribution is 0.0719. The van der Waals surface area contributed by atoms with Crippen LogP contribution in [-0.2, 0) is 6.42 Å². The molecular formula is C21H27N3O2. The van der Waals surface area contributed by atoms with Crippen LogP contribution >= 0.6 is 0 Å². The Balaban J connectivity index is 1.59. The number of aromatic nitrogens is 1. The first kappa shape index (κ1) is 18.2. The van der Waals surface area contributed by atoms with Gasteiger partial charge in [-0.1, -0.05) is 25.5 Å². The molecule has 0 aliphatic carbocycles. The van der Waals surface area contributed by atoms with E-state index in [1.54, 1.807) is 18.5 Å². The normalized spacial score (nSPS) is 15.0. The average molecular weight is 353 g/mol.